The van der Waals surface area contributed by atoms with Gasteiger partial charge in [-0.15, -0.1) is 0 Å². The van der Waals surface area contributed by atoms with Gasteiger partial charge >= 0.3 is 5.97 Å². The van der Waals surface area contributed by atoms with E-state index in [1.807, 2.05) is 0 Å². The van der Waals surface area contributed by atoms with E-state index >= 15 is 0 Å². The second-order valence-electron chi connectivity index (χ2n) is 2.77. The highest BCUT2D eigenvalue weighted by molar-refractivity contribution is 5.74. The molecule has 6 heteroatoms. The van der Waals surface area contributed by atoms with Gasteiger partial charge in [0.15, 0.2) is 6.10 Å². The predicted octanol–water partition coefficient (Wildman–Crippen LogP) is -0.718. The molecule has 1 heterocycles. The molecule has 1 rings (SSSR count). The first-order valence-electron chi connectivity index (χ1n) is 4.32. The van der Waals surface area contributed by atoms with E-state index in [1.54, 1.807) is 14.0 Å². The molecule has 0 fully saturated rings. The van der Waals surface area contributed by atoms with Crippen LogP contribution in [-0.2, 0) is 23.0 Å². The Morgan fingerprint density at radius 3 is 3.00 bits per heavy atom. The molecule has 0 aliphatic carbocycles. The summed E-state index contributed by atoms with van der Waals surface area (Å²) in [5.74, 6) is -0.0824. The van der Waals surface area contributed by atoms with Crippen molar-refractivity contribution in [1.29, 1.82) is 0 Å². The lowest BCUT2D eigenvalue weighted by molar-refractivity contribution is -0.152. The third-order valence-electron chi connectivity index (χ3n) is 1.74. The number of ether oxygens (including phenoxy) is 1. The first kappa shape index (κ1) is 10.6. The van der Waals surface area contributed by atoms with Crippen LogP contribution in [0.25, 0.3) is 0 Å². The van der Waals surface area contributed by atoms with Gasteiger partial charge < -0.3 is 9.84 Å². The number of nitrogens with zero attached hydrogens (tertiary/aromatic N) is 3. The van der Waals surface area contributed by atoms with Crippen molar-refractivity contribution in [3.8, 4) is 0 Å². The van der Waals surface area contributed by atoms with Crippen molar-refractivity contribution < 1.29 is 14.6 Å². The van der Waals surface area contributed by atoms with Crippen LogP contribution in [0.1, 0.15) is 12.7 Å². The molecular formula is C8H13N3O3. The number of aliphatic hydroxyl groups is 1. The Kier molecular flexibility index (Phi) is 3.58. The summed E-state index contributed by atoms with van der Waals surface area (Å²) in [6.45, 7) is 1.95. The monoisotopic (exact) mass is 199 g/mol. The van der Waals surface area contributed by atoms with Crippen LogP contribution in [0, 0.1) is 0 Å². The molecule has 0 saturated carbocycles. The molecule has 1 aromatic rings. The van der Waals surface area contributed by atoms with Gasteiger partial charge in [-0.2, -0.15) is 5.10 Å². The Bertz CT molecular complexity index is 311. The summed E-state index contributed by atoms with van der Waals surface area (Å²) in [4.78, 5) is 14.9. The summed E-state index contributed by atoms with van der Waals surface area (Å²) < 4.78 is 6.15. The third-order valence-corrected chi connectivity index (χ3v) is 1.74. The van der Waals surface area contributed by atoms with Crippen LogP contribution in [0.3, 0.4) is 0 Å². The number of hydrogen-bond donors (Lipinski definition) is 1. The molecular weight excluding hydrogens is 186 g/mol. The summed E-state index contributed by atoms with van der Waals surface area (Å²) in [6.07, 6.45) is 0.320. The second-order valence-corrected chi connectivity index (χ2v) is 2.77. The van der Waals surface area contributed by atoms with Crippen molar-refractivity contribution >= 4 is 5.97 Å². The van der Waals surface area contributed by atoms with Crippen LogP contribution in [0.4, 0.5) is 0 Å². The lowest BCUT2D eigenvalue weighted by Crippen LogP contribution is -2.26. The SMILES string of the molecule is CCOC(=O)C(O)Cc1ncnn1C. The number of hydrogen-bond acceptors (Lipinski definition) is 5. The first-order valence-corrected chi connectivity index (χ1v) is 4.32. The highest BCUT2D eigenvalue weighted by Crippen LogP contribution is 1.99. The molecule has 78 valence electrons. The van der Waals surface area contributed by atoms with Gasteiger partial charge in [0, 0.05) is 13.5 Å². The molecule has 0 aromatic carbocycles. The molecule has 0 radical (unpaired) electrons. The summed E-state index contributed by atoms with van der Waals surface area (Å²) in [7, 11) is 1.69. The fraction of sp³-hybridized carbons (Fsp3) is 0.625. The van der Waals surface area contributed by atoms with E-state index in [0.29, 0.717) is 5.82 Å². The van der Waals surface area contributed by atoms with Crippen LogP contribution in [-0.4, -0.2) is 38.6 Å². The number of aliphatic hydroxyl groups excluding tert-OH is 1. The summed E-state index contributed by atoms with van der Waals surface area (Å²) >= 11 is 0. The van der Waals surface area contributed by atoms with E-state index in [9.17, 15) is 9.90 Å². The van der Waals surface area contributed by atoms with Crippen LogP contribution in [0.5, 0.6) is 0 Å². The summed E-state index contributed by atoms with van der Waals surface area (Å²) in [6, 6.07) is 0. The molecule has 6 nitrogen and oxygen atoms in total. The quantitative estimate of drug-likeness (QED) is 0.648. The highest BCUT2D eigenvalue weighted by atomic mass is 16.5. The van der Waals surface area contributed by atoms with Gasteiger partial charge in [-0.1, -0.05) is 0 Å². The van der Waals surface area contributed by atoms with Crippen LogP contribution in [0.15, 0.2) is 6.33 Å². The number of esters is 1. The highest BCUT2D eigenvalue weighted by Gasteiger charge is 2.18. The van der Waals surface area contributed by atoms with Crippen molar-refractivity contribution in [2.75, 3.05) is 6.61 Å². The van der Waals surface area contributed by atoms with Gasteiger partial charge in [-0.3, -0.25) is 4.68 Å². The molecule has 0 spiro atoms. The number of aromatic nitrogens is 3. The number of carbonyl (C=O) groups is 1. The molecule has 0 aliphatic rings. The fourth-order valence-electron chi connectivity index (χ4n) is 1.000. The van der Waals surface area contributed by atoms with Gasteiger partial charge in [0.25, 0.3) is 0 Å². The zero-order chi connectivity index (χ0) is 10.6. The predicted molar refractivity (Wildman–Crippen MR) is 47.3 cm³/mol. The Balaban J connectivity index is 2.52. The summed E-state index contributed by atoms with van der Waals surface area (Å²) in [5, 5.41) is 13.2. The van der Waals surface area contributed by atoms with Gasteiger partial charge in [0.2, 0.25) is 0 Å². The Labute approximate surface area is 81.5 Å². The van der Waals surface area contributed by atoms with Crippen LogP contribution in [0.2, 0.25) is 0 Å². The Hall–Kier alpha value is -1.43. The van der Waals surface area contributed by atoms with E-state index in [0.717, 1.165) is 0 Å². The van der Waals surface area contributed by atoms with E-state index in [1.165, 1.54) is 11.0 Å². The number of aryl methyl sites for hydroxylation is 1. The van der Waals surface area contributed by atoms with Crippen molar-refractivity contribution in [3.05, 3.63) is 12.2 Å². The Morgan fingerprint density at radius 1 is 1.79 bits per heavy atom. The average Bonchev–Trinajstić information content (AvgIpc) is 2.52. The van der Waals surface area contributed by atoms with Crippen LogP contribution >= 0.6 is 0 Å². The maximum Gasteiger partial charge on any atom is 0.335 e. The van der Waals surface area contributed by atoms with Gasteiger partial charge in [-0.05, 0) is 6.92 Å². The van der Waals surface area contributed by atoms with Crippen molar-refractivity contribution in [1.82, 2.24) is 14.8 Å². The smallest absolute Gasteiger partial charge is 0.335 e. The standard InChI is InChI=1S/C8H13N3O3/c1-3-14-8(13)6(12)4-7-9-5-10-11(7)2/h5-6,12H,3-4H2,1-2H3. The zero-order valence-electron chi connectivity index (χ0n) is 8.17. The molecule has 14 heavy (non-hydrogen) atoms. The first-order chi connectivity index (χ1) is 6.65. The second kappa shape index (κ2) is 4.71. The normalized spacial score (nSPS) is 12.5. The third kappa shape index (κ3) is 2.53. The van der Waals surface area contributed by atoms with Crippen molar-refractivity contribution in [2.24, 2.45) is 7.05 Å². The van der Waals surface area contributed by atoms with Crippen molar-refractivity contribution in [2.45, 2.75) is 19.4 Å². The Morgan fingerprint density at radius 2 is 2.50 bits per heavy atom. The molecule has 0 bridgehead atoms. The molecule has 0 amide bonds. The molecule has 1 N–H and O–H groups in total. The van der Waals surface area contributed by atoms with Gasteiger partial charge in [0.1, 0.15) is 12.2 Å². The maximum absolute atomic E-state index is 11.1. The minimum absolute atomic E-state index is 0.120. The largest absolute Gasteiger partial charge is 0.464 e. The lowest BCUT2D eigenvalue weighted by Gasteiger charge is -2.08. The van der Waals surface area contributed by atoms with Crippen LogP contribution < -0.4 is 0 Å². The molecule has 0 aliphatic heterocycles. The van der Waals surface area contributed by atoms with Gasteiger partial charge in [0.05, 0.1) is 6.61 Å². The van der Waals surface area contributed by atoms with Gasteiger partial charge in [-0.25, -0.2) is 9.78 Å². The van der Waals surface area contributed by atoms with E-state index in [4.69, 9.17) is 0 Å². The van der Waals surface area contributed by atoms with E-state index in [2.05, 4.69) is 14.8 Å². The summed E-state index contributed by atoms with van der Waals surface area (Å²) in [5.41, 5.74) is 0. The fourth-order valence-corrected chi connectivity index (χ4v) is 1.000. The lowest BCUT2D eigenvalue weighted by atomic mass is 10.2. The minimum atomic E-state index is -1.17. The molecule has 1 aromatic heterocycles. The molecule has 0 saturated heterocycles. The minimum Gasteiger partial charge on any atom is -0.464 e. The number of carbonyl (C=O) groups excluding carboxylic acids is 1. The molecule has 1 atom stereocenters. The topological polar surface area (TPSA) is 77.2 Å². The average molecular weight is 199 g/mol. The molecule has 1 unspecified atom stereocenters. The zero-order valence-corrected chi connectivity index (χ0v) is 8.17. The van der Waals surface area contributed by atoms with Crippen molar-refractivity contribution in [3.63, 3.8) is 0 Å². The van der Waals surface area contributed by atoms with E-state index in [-0.39, 0.29) is 13.0 Å². The van der Waals surface area contributed by atoms with E-state index < -0.39 is 12.1 Å². The number of rotatable bonds is 4. The maximum atomic E-state index is 11.1.